The molecule has 2 aromatic carbocycles. The topological polar surface area (TPSA) is 39.4 Å². The minimum absolute atomic E-state index is 0.111. The maximum absolute atomic E-state index is 13.2. The third-order valence-electron chi connectivity index (χ3n) is 8.15. The van der Waals surface area contributed by atoms with Gasteiger partial charge in [0, 0.05) is 0 Å². The monoisotopic (exact) mass is 570 g/mol. The zero-order valence-electron chi connectivity index (χ0n) is 21.7. The first-order valence-corrected chi connectivity index (χ1v) is 21.2. The summed E-state index contributed by atoms with van der Waals surface area (Å²) in [5, 5.41) is 3.50. The van der Waals surface area contributed by atoms with E-state index in [1.54, 1.807) is 10.7 Å². The number of ether oxygens (including phenoxy) is 1. The molecule has 0 amide bonds. The van der Waals surface area contributed by atoms with Crippen molar-refractivity contribution in [2.45, 2.75) is 98.3 Å². The molecule has 3 nitrogen and oxygen atoms in total. The van der Waals surface area contributed by atoms with Crippen LogP contribution in [0.1, 0.15) is 83.3 Å². The van der Waals surface area contributed by atoms with Crippen LogP contribution in [-0.2, 0) is 12.8 Å². The standard InChI is InChI=1S/C18H15O3.3C4H9.Sn/c1-20-16-8-4-7-13-12(16)9-10-14-11-5-2-3-6-15(11)18(19)21-17(13)14;3*1-3-4-2;/h4,8-10H,2-3,5-6H2,1H3;3*1,3-4H2,2H3;. The summed E-state index contributed by atoms with van der Waals surface area (Å²) in [4.78, 5) is 13.2. The van der Waals surface area contributed by atoms with Gasteiger partial charge in [-0.1, -0.05) is 0 Å². The molecule has 0 spiro atoms. The third-order valence-corrected chi connectivity index (χ3v) is 23.8. The Labute approximate surface area is 209 Å². The molecule has 0 radical (unpaired) electrons. The quantitative estimate of drug-likeness (QED) is 0.134. The van der Waals surface area contributed by atoms with Crippen molar-refractivity contribution in [3.8, 4) is 5.75 Å². The van der Waals surface area contributed by atoms with Gasteiger partial charge in [0.25, 0.3) is 0 Å². The van der Waals surface area contributed by atoms with Gasteiger partial charge in [-0.25, -0.2) is 0 Å². The predicted molar refractivity (Wildman–Crippen MR) is 148 cm³/mol. The van der Waals surface area contributed by atoms with E-state index in [0.717, 1.165) is 53.4 Å². The van der Waals surface area contributed by atoms with Gasteiger partial charge in [0.05, 0.1) is 0 Å². The molecule has 0 unspecified atom stereocenters. The second kappa shape index (κ2) is 11.5. The van der Waals surface area contributed by atoms with E-state index in [9.17, 15) is 4.79 Å². The number of methoxy groups -OCH3 is 1. The Balaban J connectivity index is 2.09. The van der Waals surface area contributed by atoms with Gasteiger partial charge in [0.1, 0.15) is 0 Å². The number of rotatable bonds is 11. The Hall–Kier alpha value is -1.49. The molecule has 184 valence electrons. The van der Waals surface area contributed by atoms with Gasteiger partial charge in [0.2, 0.25) is 0 Å². The zero-order chi connectivity index (χ0) is 24.1. The number of aryl methyl sites for hydroxylation is 1. The van der Waals surface area contributed by atoms with Crippen molar-refractivity contribution >= 4 is 43.7 Å². The number of hydrogen-bond donors (Lipinski definition) is 0. The summed E-state index contributed by atoms with van der Waals surface area (Å²) in [5.41, 5.74) is 2.88. The molecule has 0 saturated heterocycles. The summed E-state index contributed by atoms with van der Waals surface area (Å²) >= 11 is -2.80. The Bertz CT molecular complexity index is 1170. The first-order chi connectivity index (χ1) is 16.6. The Morgan fingerprint density at radius 3 is 2.00 bits per heavy atom. The van der Waals surface area contributed by atoms with Crippen LogP contribution < -0.4 is 13.9 Å². The van der Waals surface area contributed by atoms with Crippen molar-refractivity contribution in [1.82, 2.24) is 0 Å². The molecular weight excluding hydrogens is 527 g/mol. The van der Waals surface area contributed by atoms with E-state index in [1.807, 2.05) is 0 Å². The fourth-order valence-electron chi connectivity index (χ4n) is 6.26. The molecular formula is C30H42O3Sn. The molecule has 0 N–H and O–H groups in total. The maximum atomic E-state index is 13.2. The Morgan fingerprint density at radius 2 is 1.41 bits per heavy atom. The van der Waals surface area contributed by atoms with Gasteiger partial charge in [-0.3, -0.25) is 0 Å². The summed E-state index contributed by atoms with van der Waals surface area (Å²) in [6.45, 7) is 6.97. The van der Waals surface area contributed by atoms with E-state index in [0.29, 0.717) is 0 Å². The summed E-state index contributed by atoms with van der Waals surface area (Å²) in [7, 11) is 1.75. The molecule has 0 bridgehead atoms. The van der Waals surface area contributed by atoms with Gasteiger partial charge >= 0.3 is 210 Å². The molecule has 4 heteroatoms. The summed E-state index contributed by atoms with van der Waals surface area (Å²) in [6, 6.07) is 9.01. The van der Waals surface area contributed by atoms with Crippen LogP contribution in [-0.4, -0.2) is 25.5 Å². The second-order valence-corrected chi connectivity index (χ2v) is 23.5. The molecule has 34 heavy (non-hydrogen) atoms. The van der Waals surface area contributed by atoms with E-state index in [-0.39, 0.29) is 5.63 Å². The summed E-state index contributed by atoms with van der Waals surface area (Å²) < 4.78 is 17.8. The van der Waals surface area contributed by atoms with E-state index in [2.05, 4.69) is 45.0 Å². The van der Waals surface area contributed by atoms with Crippen LogP contribution in [0.3, 0.4) is 0 Å². The van der Waals surface area contributed by atoms with Crippen molar-refractivity contribution in [2.75, 3.05) is 7.11 Å². The number of fused-ring (bicyclic) bond motifs is 5. The average Bonchev–Trinajstić information content (AvgIpc) is 2.88. The number of unbranched alkanes of at least 4 members (excludes halogenated alkanes) is 3. The first-order valence-electron chi connectivity index (χ1n) is 13.7. The first kappa shape index (κ1) is 25.6. The van der Waals surface area contributed by atoms with Crippen molar-refractivity contribution in [1.29, 1.82) is 0 Å². The van der Waals surface area contributed by atoms with Gasteiger partial charge in [-0.15, -0.1) is 0 Å². The van der Waals surface area contributed by atoms with E-state index in [4.69, 9.17) is 9.15 Å². The molecule has 4 rings (SSSR count). The minimum atomic E-state index is -2.80. The fourth-order valence-corrected chi connectivity index (χ4v) is 23.0. The van der Waals surface area contributed by atoms with Gasteiger partial charge in [0.15, 0.2) is 0 Å². The zero-order valence-corrected chi connectivity index (χ0v) is 24.6. The van der Waals surface area contributed by atoms with Crippen molar-refractivity contribution < 1.29 is 9.15 Å². The number of benzene rings is 2. The van der Waals surface area contributed by atoms with Gasteiger partial charge < -0.3 is 0 Å². The molecule has 0 aliphatic heterocycles. The molecule has 1 heterocycles. The van der Waals surface area contributed by atoms with Crippen LogP contribution in [0.2, 0.25) is 13.3 Å². The summed E-state index contributed by atoms with van der Waals surface area (Å²) in [6.07, 6.45) is 11.7. The second-order valence-electron chi connectivity index (χ2n) is 10.3. The molecule has 0 atom stereocenters. The van der Waals surface area contributed by atoms with Crippen LogP contribution in [0.25, 0.3) is 21.7 Å². The van der Waals surface area contributed by atoms with Gasteiger partial charge in [-0.05, 0) is 0 Å². The van der Waals surface area contributed by atoms with Crippen LogP contribution in [0.5, 0.6) is 5.75 Å². The summed E-state index contributed by atoms with van der Waals surface area (Å²) in [5.74, 6) is 0.891. The molecule has 0 saturated carbocycles. The SMILES string of the molecule is CCC[CH2][Sn]([CH2]CCC)([CH2]CCC)[c]1ccc(OC)c2ccc3c4c(c(=O)oc3c12)CCCC4. The predicted octanol–water partition coefficient (Wildman–Crippen LogP) is 7.89. The van der Waals surface area contributed by atoms with Crippen molar-refractivity contribution in [3.63, 3.8) is 0 Å². The van der Waals surface area contributed by atoms with Crippen LogP contribution in [0.15, 0.2) is 33.5 Å². The van der Waals surface area contributed by atoms with Crippen LogP contribution in [0, 0.1) is 0 Å². The Kier molecular flexibility index (Phi) is 8.65. The normalized spacial score (nSPS) is 14.0. The Morgan fingerprint density at radius 1 is 0.824 bits per heavy atom. The van der Waals surface area contributed by atoms with E-state index < -0.39 is 18.4 Å². The molecule has 3 aromatic rings. The fraction of sp³-hybridized carbons (Fsp3) is 0.567. The van der Waals surface area contributed by atoms with Crippen LogP contribution in [0.4, 0.5) is 0 Å². The molecule has 1 aromatic heterocycles. The molecule has 1 aliphatic carbocycles. The van der Waals surface area contributed by atoms with E-state index in [1.165, 1.54) is 62.8 Å². The van der Waals surface area contributed by atoms with E-state index >= 15 is 0 Å². The van der Waals surface area contributed by atoms with Crippen molar-refractivity contribution in [2.24, 2.45) is 0 Å². The average molecular weight is 569 g/mol. The van der Waals surface area contributed by atoms with Crippen molar-refractivity contribution in [3.05, 3.63) is 45.8 Å². The van der Waals surface area contributed by atoms with Gasteiger partial charge in [-0.2, -0.15) is 0 Å². The molecule has 0 fully saturated rings. The third kappa shape index (κ3) is 4.79. The number of hydrogen-bond acceptors (Lipinski definition) is 3. The van der Waals surface area contributed by atoms with Crippen LogP contribution >= 0.6 is 0 Å². The molecule has 1 aliphatic rings.